The second kappa shape index (κ2) is 4.61. The van der Waals surface area contributed by atoms with Crippen molar-refractivity contribution < 1.29 is 4.74 Å². The molecule has 1 aliphatic heterocycles. The van der Waals surface area contributed by atoms with Gasteiger partial charge in [-0.15, -0.1) is 0 Å². The lowest BCUT2D eigenvalue weighted by Gasteiger charge is -2.44. The Morgan fingerprint density at radius 2 is 2.06 bits per heavy atom. The lowest BCUT2D eigenvalue weighted by Crippen LogP contribution is -2.42. The van der Waals surface area contributed by atoms with E-state index in [9.17, 15) is 0 Å². The number of ether oxygens (including phenoxy) is 1. The highest BCUT2D eigenvalue weighted by molar-refractivity contribution is 5.14. The summed E-state index contributed by atoms with van der Waals surface area (Å²) in [5.41, 5.74) is 3.17. The number of rotatable bonds is 1. The van der Waals surface area contributed by atoms with Crippen LogP contribution in [-0.4, -0.2) is 12.7 Å². The highest BCUT2D eigenvalue weighted by Crippen LogP contribution is 2.42. The molecule has 0 aromatic carbocycles. The summed E-state index contributed by atoms with van der Waals surface area (Å²) in [5, 5.41) is 0. The summed E-state index contributed by atoms with van der Waals surface area (Å²) in [5.74, 6) is 2.30. The van der Waals surface area contributed by atoms with Gasteiger partial charge in [0.25, 0.3) is 0 Å². The SMILES string of the molecule is CC1=CC[C@@H]([C@@H]2OC[C@@H]3CC=C(C)[C@H]2C3)CC1. The third-order valence-electron chi connectivity index (χ3n) is 5.01. The lowest BCUT2D eigenvalue weighted by atomic mass is 9.71. The van der Waals surface area contributed by atoms with E-state index in [1.165, 1.54) is 32.1 Å². The molecule has 3 rings (SSSR count). The average Bonchev–Trinajstić information content (AvgIpc) is 2.36. The molecule has 0 unspecified atom stereocenters. The molecule has 17 heavy (non-hydrogen) atoms. The molecule has 0 N–H and O–H groups in total. The second-order valence-electron chi connectivity index (χ2n) is 6.27. The van der Waals surface area contributed by atoms with E-state index in [1.807, 2.05) is 0 Å². The highest BCUT2D eigenvalue weighted by Gasteiger charge is 2.38. The normalized spacial score (nSPS) is 41.8. The molecule has 94 valence electrons. The Labute approximate surface area is 105 Å². The van der Waals surface area contributed by atoms with E-state index >= 15 is 0 Å². The van der Waals surface area contributed by atoms with Gasteiger partial charge < -0.3 is 4.74 Å². The first-order valence-electron chi connectivity index (χ1n) is 7.18. The van der Waals surface area contributed by atoms with E-state index < -0.39 is 0 Å². The third kappa shape index (κ3) is 2.22. The standard InChI is InChI=1S/C16H24O/c1-11-3-7-14(8-4-11)16-15-9-13(10-17-16)6-5-12(15)2/h3,5,13-16H,4,6-10H2,1-2H3/t13-,14-,15-,16+/m1/s1. The van der Waals surface area contributed by atoms with E-state index in [1.54, 1.807) is 11.1 Å². The van der Waals surface area contributed by atoms with Gasteiger partial charge in [-0.05, 0) is 57.8 Å². The van der Waals surface area contributed by atoms with Gasteiger partial charge in [-0.2, -0.15) is 0 Å². The fourth-order valence-corrected chi connectivity index (χ4v) is 3.79. The maximum atomic E-state index is 6.22. The van der Waals surface area contributed by atoms with Crippen molar-refractivity contribution >= 4 is 0 Å². The van der Waals surface area contributed by atoms with Crippen LogP contribution in [0.5, 0.6) is 0 Å². The quantitative estimate of drug-likeness (QED) is 0.618. The van der Waals surface area contributed by atoms with Crippen molar-refractivity contribution in [3.8, 4) is 0 Å². The summed E-state index contributed by atoms with van der Waals surface area (Å²) in [4.78, 5) is 0. The van der Waals surface area contributed by atoms with Crippen LogP contribution in [0.15, 0.2) is 23.3 Å². The fourth-order valence-electron chi connectivity index (χ4n) is 3.79. The molecule has 0 aromatic heterocycles. The van der Waals surface area contributed by atoms with Crippen molar-refractivity contribution in [2.45, 2.75) is 52.1 Å². The van der Waals surface area contributed by atoms with Gasteiger partial charge in [0.05, 0.1) is 12.7 Å². The second-order valence-corrected chi connectivity index (χ2v) is 6.27. The molecule has 1 fully saturated rings. The fraction of sp³-hybridized carbons (Fsp3) is 0.750. The topological polar surface area (TPSA) is 9.23 Å². The molecule has 4 atom stereocenters. The van der Waals surface area contributed by atoms with Crippen LogP contribution in [0.2, 0.25) is 0 Å². The Bertz CT molecular complexity index is 353. The third-order valence-corrected chi connectivity index (χ3v) is 5.01. The zero-order chi connectivity index (χ0) is 11.8. The zero-order valence-corrected chi connectivity index (χ0v) is 11.1. The van der Waals surface area contributed by atoms with Crippen molar-refractivity contribution in [3.63, 3.8) is 0 Å². The molecule has 0 aromatic rings. The summed E-state index contributed by atoms with van der Waals surface area (Å²) in [6.07, 6.45) is 11.9. The monoisotopic (exact) mass is 232 g/mol. The first kappa shape index (κ1) is 11.5. The first-order valence-corrected chi connectivity index (χ1v) is 7.18. The van der Waals surface area contributed by atoms with Crippen molar-refractivity contribution in [3.05, 3.63) is 23.3 Å². The molecule has 1 nitrogen and oxygen atoms in total. The van der Waals surface area contributed by atoms with Gasteiger partial charge >= 0.3 is 0 Å². The van der Waals surface area contributed by atoms with Crippen LogP contribution in [0.1, 0.15) is 46.0 Å². The number of hydrogen-bond donors (Lipinski definition) is 0. The van der Waals surface area contributed by atoms with Gasteiger partial charge in [0, 0.05) is 5.92 Å². The molecule has 2 aliphatic carbocycles. The Hall–Kier alpha value is -0.560. The predicted octanol–water partition coefficient (Wildman–Crippen LogP) is 4.10. The number of hydrogen-bond acceptors (Lipinski definition) is 1. The van der Waals surface area contributed by atoms with Crippen molar-refractivity contribution in [2.24, 2.45) is 17.8 Å². The minimum atomic E-state index is 0.507. The van der Waals surface area contributed by atoms with Crippen molar-refractivity contribution in [1.29, 1.82) is 0 Å². The number of fused-ring (bicyclic) bond motifs is 2. The molecule has 0 amide bonds. The van der Waals surface area contributed by atoms with E-state index in [0.717, 1.165) is 24.4 Å². The maximum Gasteiger partial charge on any atom is 0.0671 e. The van der Waals surface area contributed by atoms with E-state index in [-0.39, 0.29) is 0 Å². The molecule has 0 radical (unpaired) electrons. The van der Waals surface area contributed by atoms with Crippen LogP contribution >= 0.6 is 0 Å². The molecule has 2 bridgehead atoms. The van der Waals surface area contributed by atoms with Crippen LogP contribution < -0.4 is 0 Å². The molecular formula is C16H24O. The van der Waals surface area contributed by atoms with Gasteiger partial charge in [0.1, 0.15) is 0 Å². The summed E-state index contributed by atoms with van der Waals surface area (Å²) in [7, 11) is 0. The van der Waals surface area contributed by atoms with Crippen LogP contribution in [0.25, 0.3) is 0 Å². The molecule has 1 saturated heterocycles. The zero-order valence-electron chi connectivity index (χ0n) is 11.1. The molecule has 3 aliphatic rings. The van der Waals surface area contributed by atoms with Crippen LogP contribution in [0, 0.1) is 17.8 Å². The molecule has 1 heterocycles. The maximum absolute atomic E-state index is 6.22. The highest BCUT2D eigenvalue weighted by atomic mass is 16.5. The molecular weight excluding hydrogens is 208 g/mol. The Morgan fingerprint density at radius 3 is 2.82 bits per heavy atom. The summed E-state index contributed by atoms with van der Waals surface area (Å²) < 4.78 is 6.22. The summed E-state index contributed by atoms with van der Waals surface area (Å²) in [6, 6.07) is 0. The Morgan fingerprint density at radius 1 is 1.18 bits per heavy atom. The van der Waals surface area contributed by atoms with E-state index in [4.69, 9.17) is 4.74 Å². The molecule has 1 heteroatoms. The molecule has 0 spiro atoms. The van der Waals surface area contributed by atoms with Gasteiger partial charge in [-0.3, -0.25) is 0 Å². The predicted molar refractivity (Wildman–Crippen MR) is 70.8 cm³/mol. The minimum Gasteiger partial charge on any atom is -0.377 e. The summed E-state index contributed by atoms with van der Waals surface area (Å²) >= 11 is 0. The van der Waals surface area contributed by atoms with Gasteiger partial charge in [-0.1, -0.05) is 23.3 Å². The van der Waals surface area contributed by atoms with E-state index in [0.29, 0.717) is 6.10 Å². The number of allylic oxidation sites excluding steroid dienone is 3. The minimum absolute atomic E-state index is 0.507. The lowest BCUT2D eigenvalue weighted by molar-refractivity contribution is -0.0807. The average molecular weight is 232 g/mol. The van der Waals surface area contributed by atoms with Gasteiger partial charge in [0.2, 0.25) is 0 Å². The Balaban J connectivity index is 1.75. The van der Waals surface area contributed by atoms with Crippen LogP contribution in [-0.2, 0) is 4.74 Å². The van der Waals surface area contributed by atoms with Gasteiger partial charge in [-0.25, -0.2) is 0 Å². The smallest absolute Gasteiger partial charge is 0.0671 e. The van der Waals surface area contributed by atoms with Crippen LogP contribution in [0.3, 0.4) is 0 Å². The van der Waals surface area contributed by atoms with E-state index in [2.05, 4.69) is 26.0 Å². The van der Waals surface area contributed by atoms with Crippen molar-refractivity contribution in [1.82, 2.24) is 0 Å². The summed E-state index contributed by atoms with van der Waals surface area (Å²) in [6.45, 7) is 5.58. The first-order chi connectivity index (χ1) is 8.24. The molecule has 0 saturated carbocycles. The van der Waals surface area contributed by atoms with Crippen LogP contribution in [0.4, 0.5) is 0 Å². The van der Waals surface area contributed by atoms with Crippen molar-refractivity contribution in [2.75, 3.05) is 6.61 Å². The Kier molecular flexibility index (Phi) is 3.12. The largest absolute Gasteiger partial charge is 0.377 e. The van der Waals surface area contributed by atoms with Gasteiger partial charge in [0.15, 0.2) is 0 Å².